The van der Waals surface area contributed by atoms with Crippen LogP contribution < -0.4 is 9.79 Å². The van der Waals surface area contributed by atoms with E-state index >= 15 is 0 Å². The molecular weight excluding hydrogens is 536 g/mol. The molecule has 0 bridgehead atoms. The first-order chi connectivity index (χ1) is 13.0. The topological polar surface area (TPSA) is 64.6 Å². The van der Waals surface area contributed by atoms with Crippen molar-refractivity contribution in [1.82, 2.24) is 0 Å². The maximum Gasteiger partial charge on any atom is 2.00 e. The van der Waals surface area contributed by atoms with E-state index in [1.165, 1.54) is 22.8 Å². The molecule has 0 radical (unpaired) electrons. The minimum atomic E-state index is -2.79. The molecule has 2 unspecified atom stereocenters. The van der Waals surface area contributed by atoms with Crippen molar-refractivity contribution < 1.29 is 38.3 Å². The van der Waals surface area contributed by atoms with Crippen LogP contribution >= 0.6 is 34.2 Å². The van der Waals surface area contributed by atoms with E-state index in [1.54, 1.807) is 0 Å². The Morgan fingerprint density at radius 3 is 1.28 bits per heavy atom. The number of hydrogen-bond donors (Lipinski definition) is 0. The second-order valence-electron chi connectivity index (χ2n) is 7.35. The van der Waals surface area contributed by atoms with Gasteiger partial charge in [0.25, 0.3) is 0 Å². The molecular formula is C18H40O4P2S4Zn. The Balaban J connectivity index is -0.000000451. The van der Waals surface area contributed by atoms with Crippen LogP contribution in [0.15, 0.2) is 0 Å². The molecule has 29 heavy (non-hydrogen) atoms. The maximum atomic E-state index is 11.6. The third kappa shape index (κ3) is 30.5. The molecule has 0 aromatic heterocycles. The fraction of sp³-hybridized carbons (Fsp3) is 1.00. The molecule has 0 saturated heterocycles. The van der Waals surface area contributed by atoms with Gasteiger partial charge in [0.1, 0.15) is 0 Å². The maximum absolute atomic E-state index is 11.6. The summed E-state index contributed by atoms with van der Waals surface area (Å²) in [6, 6.07) is 0. The number of unbranched alkanes of at least 4 members (excludes halogenated alkanes) is 4. The predicted molar refractivity (Wildman–Crippen MR) is 134 cm³/mol. The minimum Gasteiger partial charge on any atom is -0.793 e. The van der Waals surface area contributed by atoms with E-state index < -0.39 is 11.4 Å². The zero-order valence-electron chi connectivity index (χ0n) is 19.1. The van der Waals surface area contributed by atoms with Crippen LogP contribution in [0, 0.1) is 11.8 Å². The van der Waals surface area contributed by atoms with Gasteiger partial charge in [-0.1, -0.05) is 90.8 Å². The summed E-state index contributed by atoms with van der Waals surface area (Å²) in [4.78, 5) is 23.3. The summed E-state index contributed by atoms with van der Waals surface area (Å²) in [6.07, 6.45) is 6.43. The van der Waals surface area contributed by atoms with Gasteiger partial charge >= 0.3 is 19.5 Å². The van der Waals surface area contributed by atoms with Crippen LogP contribution in [-0.2, 0) is 52.1 Å². The summed E-state index contributed by atoms with van der Waals surface area (Å²) in [7, 11) is 0. The van der Waals surface area contributed by atoms with E-state index in [4.69, 9.17) is 32.7 Å². The van der Waals surface area contributed by atoms with E-state index in [0.717, 1.165) is 50.0 Å². The van der Waals surface area contributed by atoms with E-state index in [0.29, 0.717) is 25.0 Å². The second-order valence-corrected chi connectivity index (χ2v) is 19.5. The van der Waals surface area contributed by atoms with Gasteiger partial charge in [-0.25, -0.2) is 0 Å². The molecule has 0 aliphatic heterocycles. The number of hydrogen-bond acceptors (Lipinski definition) is 8. The average molecular weight is 576 g/mol. The monoisotopic (exact) mass is 574 g/mol. The average Bonchev–Trinajstić information content (AvgIpc) is 2.60. The smallest absolute Gasteiger partial charge is 0.793 e. The Morgan fingerprint density at radius 1 is 0.724 bits per heavy atom. The molecule has 0 rings (SSSR count). The van der Waals surface area contributed by atoms with E-state index in [1.807, 2.05) is 0 Å². The van der Waals surface area contributed by atoms with Crippen LogP contribution in [0.3, 0.4) is 0 Å². The van der Waals surface area contributed by atoms with Gasteiger partial charge in [0.2, 0.25) is 0 Å². The Kier molecular flexibility index (Phi) is 27.7. The van der Waals surface area contributed by atoms with Gasteiger partial charge in [-0.3, -0.25) is 0 Å². The standard InChI is InChI=1S/2C9H21O2PS2.Zn/c2*1-4-5-6-7-11-12(10,13)14-8-9(2)3;/h2*9H,4-8H2,1-3H3,(H,10,13);/q;;+2/p-2. The summed E-state index contributed by atoms with van der Waals surface area (Å²) >= 11 is 12.4. The van der Waals surface area contributed by atoms with Crippen molar-refractivity contribution in [2.24, 2.45) is 11.8 Å². The third-order valence-corrected chi connectivity index (χ3v) is 12.3. The van der Waals surface area contributed by atoms with Crippen molar-refractivity contribution in [3.63, 3.8) is 0 Å². The van der Waals surface area contributed by atoms with Gasteiger partial charge < -0.3 is 18.8 Å². The molecule has 0 N–H and O–H groups in total. The van der Waals surface area contributed by atoms with Crippen LogP contribution in [-0.4, -0.2) is 24.7 Å². The Labute approximate surface area is 211 Å². The second kappa shape index (κ2) is 22.3. The third-order valence-electron chi connectivity index (χ3n) is 3.13. The summed E-state index contributed by atoms with van der Waals surface area (Å²) in [5, 5.41) is 0. The molecule has 2 atom stereocenters. The Bertz CT molecular complexity index is 418. The molecule has 0 amide bonds. The summed E-state index contributed by atoms with van der Waals surface area (Å²) in [6.45, 7) is 13.7. The Morgan fingerprint density at radius 2 is 1.03 bits per heavy atom. The van der Waals surface area contributed by atoms with Crippen molar-refractivity contribution in [3.05, 3.63) is 0 Å². The molecule has 0 heterocycles. The van der Waals surface area contributed by atoms with Crippen LogP contribution in [0.4, 0.5) is 0 Å². The van der Waals surface area contributed by atoms with Crippen molar-refractivity contribution >= 4 is 57.8 Å². The van der Waals surface area contributed by atoms with Crippen molar-refractivity contribution in [1.29, 1.82) is 0 Å². The number of rotatable bonds is 16. The van der Waals surface area contributed by atoms with Crippen molar-refractivity contribution in [2.75, 3.05) is 24.7 Å². The van der Waals surface area contributed by atoms with Crippen molar-refractivity contribution in [3.8, 4) is 0 Å². The van der Waals surface area contributed by atoms with Gasteiger partial charge in [0.15, 0.2) is 0 Å². The predicted octanol–water partition coefficient (Wildman–Crippen LogP) is 6.33. The molecule has 0 aliphatic carbocycles. The van der Waals surface area contributed by atoms with Crippen LogP contribution in [0.25, 0.3) is 0 Å². The zero-order valence-corrected chi connectivity index (χ0v) is 27.1. The molecule has 0 aromatic carbocycles. The zero-order chi connectivity index (χ0) is 22.1. The van der Waals surface area contributed by atoms with Gasteiger partial charge in [-0.15, -0.1) is 22.8 Å². The van der Waals surface area contributed by atoms with Crippen LogP contribution in [0.2, 0.25) is 0 Å². The summed E-state index contributed by atoms with van der Waals surface area (Å²) in [5.41, 5.74) is -5.57. The minimum absolute atomic E-state index is 0. The molecule has 0 saturated carbocycles. The molecule has 0 aromatic rings. The van der Waals surface area contributed by atoms with Crippen LogP contribution in [0.1, 0.15) is 80.1 Å². The van der Waals surface area contributed by atoms with E-state index in [9.17, 15) is 9.79 Å². The van der Waals surface area contributed by atoms with Gasteiger partial charge in [-0.05, 0) is 24.7 Å². The largest absolute Gasteiger partial charge is 2.00 e. The fourth-order valence-electron chi connectivity index (χ4n) is 1.61. The first-order valence-corrected chi connectivity index (χ1v) is 18.6. The van der Waals surface area contributed by atoms with Gasteiger partial charge in [-0.2, -0.15) is 0 Å². The molecule has 0 spiro atoms. The van der Waals surface area contributed by atoms with Crippen LogP contribution in [0.5, 0.6) is 0 Å². The molecule has 11 heteroatoms. The summed E-state index contributed by atoms with van der Waals surface area (Å²) in [5.74, 6) is 2.65. The van der Waals surface area contributed by atoms with E-state index in [-0.39, 0.29) is 19.5 Å². The first-order valence-electron chi connectivity index (χ1n) is 10.2. The normalized spacial score (nSPS) is 15.2. The summed E-state index contributed by atoms with van der Waals surface area (Å²) < 4.78 is 10.4. The molecule has 172 valence electrons. The van der Waals surface area contributed by atoms with Gasteiger partial charge in [0, 0.05) is 22.9 Å². The fourth-order valence-corrected chi connectivity index (χ4v) is 8.75. The SMILES string of the molecule is CCCCCOP([O-])(=S)SCC(C)C.CCCCCOP([O-])(=S)SCC(C)C.[Zn+2]. The van der Waals surface area contributed by atoms with Gasteiger partial charge in [0.05, 0.1) is 13.2 Å². The first kappa shape index (κ1) is 36.0. The van der Waals surface area contributed by atoms with E-state index in [2.05, 4.69) is 41.5 Å². The Hall–Kier alpha value is 2.46. The van der Waals surface area contributed by atoms with Crippen molar-refractivity contribution in [2.45, 2.75) is 80.1 Å². The molecule has 4 nitrogen and oxygen atoms in total. The molecule has 0 fully saturated rings. The quantitative estimate of drug-likeness (QED) is 0.120. The molecule has 0 aliphatic rings.